The summed E-state index contributed by atoms with van der Waals surface area (Å²) in [7, 11) is 0. The molecule has 17 heavy (non-hydrogen) atoms. The van der Waals surface area contributed by atoms with Crippen LogP contribution in [0.15, 0.2) is 60.9 Å². The maximum atomic E-state index is 5.96. The Hall–Kier alpha value is -2.35. The fourth-order valence-corrected chi connectivity index (χ4v) is 2.00. The molecule has 0 saturated carbocycles. The van der Waals surface area contributed by atoms with Crippen LogP contribution in [0, 0.1) is 0 Å². The first-order chi connectivity index (χ1) is 8.34. The second kappa shape index (κ2) is 3.91. The van der Waals surface area contributed by atoms with Crippen LogP contribution in [0.25, 0.3) is 21.9 Å². The van der Waals surface area contributed by atoms with Gasteiger partial charge in [0.1, 0.15) is 0 Å². The van der Waals surface area contributed by atoms with Crippen molar-refractivity contribution in [2.75, 3.05) is 5.73 Å². The van der Waals surface area contributed by atoms with Crippen molar-refractivity contribution in [2.45, 2.75) is 0 Å². The van der Waals surface area contributed by atoms with Gasteiger partial charge in [-0.1, -0.05) is 36.4 Å². The molecule has 0 aliphatic carbocycles. The molecule has 2 heteroatoms. The second-order valence-electron chi connectivity index (χ2n) is 4.02. The van der Waals surface area contributed by atoms with E-state index in [-0.39, 0.29) is 0 Å². The molecule has 0 aliphatic heterocycles. The summed E-state index contributed by atoms with van der Waals surface area (Å²) in [5.74, 6) is 0. The Kier molecular flexibility index (Phi) is 2.26. The summed E-state index contributed by atoms with van der Waals surface area (Å²) in [4.78, 5) is 4.12. The SMILES string of the molecule is Nc1ccncc1-c1ccc2ccccc2c1. The summed E-state index contributed by atoms with van der Waals surface area (Å²) in [6, 6.07) is 16.4. The Labute approximate surface area is 99.7 Å². The first-order valence-electron chi connectivity index (χ1n) is 5.53. The highest BCUT2D eigenvalue weighted by Crippen LogP contribution is 2.27. The first-order valence-corrected chi connectivity index (χ1v) is 5.53. The Morgan fingerprint density at radius 1 is 0.882 bits per heavy atom. The molecule has 2 aromatic carbocycles. The van der Waals surface area contributed by atoms with E-state index < -0.39 is 0 Å². The van der Waals surface area contributed by atoms with Crippen LogP contribution in [0.1, 0.15) is 0 Å². The van der Waals surface area contributed by atoms with Crippen LogP contribution in [0.2, 0.25) is 0 Å². The molecule has 3 aromatic rings. The Morgan fingerprint density at radius 2 is 1.71 bits per heavy atom. The second-order valence-corrected chi connectivity index (χ2v) is 4.02. The van der Waals surface area contributed by atoms with E-state index in [0.29, 0.717) is 0 Å². The van der Waals surface area contributed by atoms with E-state index >= 15 is 0 Å². The van der Waals surface area contributed by atoms with E-state index in [4.69, 9.17) is 5.73 Å². The van der Waals surface area contributed by atoms with Crippen LogP contribution in [0.3, 0.4) is 0 Å². The zero-order chi connectivity index (χ0) is 11.7. The predicted molar refractivity (Wildman–Crippen MR) is 71.6 cm³/mol. The molecular weight excluding hydrogens is 208 g/mol. The first kappa shape index (κ1) is 9.85. The quantitative estimate of drug-likeness (QED) is 0.681. The Bertz CT molecular complexity index is 674. The van der Waals surface area contributed by atoms with Crippen molar-refractivity contribution in [2.24, 2.45) is 0 Å². The zero-order valence-electron chi connectivity index (χ0n) is 9.30. The van der Waals surface area contributed by atoms with Crippen LogP contribution in [0.5, 0.6) is 0 Å². The van der Waals surface area contributed by atoms with E-state index in [1.165, 1.54) is 10.8 Å². The standard InChI is InChI=1S/C15H12N2/c16-15-7-8-17-10-14(15)13-6-5-11-3-1-2-4-12(11)9-13/h1-10H,(H2,16,17). The minimum absolute atomic E-state index is 0.760. The van der Waals surface area contributed by atoms with Crippen LogP contribution in [0.4, 0.5) is 5.69 Å². The number of pyridine rings is 1. The number of rotatable bonds is 1. The molecule has 1 aromatic heterocycles. The summed E-state index contributed by atoms with van der Waals surface area (Å²) in [5.41, 5.74) is 8.81. The van der Waals surface area contributed by atoms with Gasteiger partial charge in [-0.25, -0.2) is 0 Å². The van der Waals surface area contributed by atoms with Crippen molar-refractivity contribution in [3.63, 3.8) is 0 Å². The molecule has 0 radical (unpaired) electrons. The number of aromatic nitrogens is 1. The highest BCUT2D eigenvalue weighted by atomic mass is 14.7. The van der Waals surface area contributed by atoms with Gasteiger partial charge in [-0.15, -0.1) is 0 Å². The lowest BCUT2D eigenvalue weighted by Gasteiger charge is -2.06. The van der Waals surface area contributed by atoms with Crippen LogP contribution < -0.4 is 5.73 Å². The molecule has 0 saturated heterocycles. The van der Waals surface area contributed by atoms with Crippen molar-refractivity contribution in [1.82, 2.24) is 4.98 Å². The van der Waals surface area contributed by atoms with Crippen molar-refractivity contribution in [1.29, 1.82) is 0 Å². The summed E-state index contributed by atoms with van der Waals surface area (Å²) in [5, 5.41) is 2.45. The third-order valence-corrected chi connectivity index (χ3v) is 2.92. The highest BCUT2D eigenvalue weighted by molar-refractivity contribution is 5.89. The summed E-state index contributed by atoms with van der Waals surface area (Å²) in [6.07, 6.45) is 3.51. The zero-order valence-corrected chi connectivity index (χ0v) is 9.30. The molecule has 0 fully saturated rings. The minimum Gasteiger partial charge on any atom is -0.398 e. The molecule has 0 aliphatic rings. The normalized spacial score (nSPS) is 10.6. The number of nitrogen functional groups attached to an aromatic ring is 1. The van der Waals surface area contributed by atoms with E-state index in [9.17, 15) is 0 Å². The largest absolute Gasteiger partial charge is 0.398 e. The number of hydrogen-bond acceptors (Lipinski definition) is 2. The lowest BCUT2D eigenvalue weighted by molar-refractivity contribution is 1.33. The molecule has 3 rings (SSSR count). The van der Waals surface area contributed by atoms with Crippen molar-refractivity contribution in [3.8, 4) is 11.1 Å². The third kappa shape index (κ3) is 1.74. The van der Waals surface area contributed by atoms with E-state index in [2.05, 4.69) is 35.3 Å². The topological polar surface area (TPSA) is 38.9 Å². The van der Waals surface area contributed by atoms with Gasteiger partial charge in [0.15, 0.2) is 0 Å². The minimum atomic E-state index is 0.760. The molecule has 0 bridgehead atoms. The van der Waals surface area contributed by atoms with Crippen molar-refractivity contribution >= 4 is 16.5 Å². The maximum Gasteiger partial charge on any atom is 0.0424 e. The number of fused-ring (bicyclic) bond motifs is 1. The fraction of sp³-hybridized carbons (Fsp3) is 0. The van der Waals surface area contributed by atoms with Gasteiger partial charge in [-0.3, -0.25) is 4.98 Å². The molecule has 1 heterocycles. The van der Waals surface area contributed by atoms with Gasteiger partial charge >= 0.3 is 0 Å². The summed E-state index contributed by atoms with van der Waals surface area (Å²) >= 11 is 0. The smallest absolute Gasteiger partial charge is 0.0424 e. The van der Waals surface area contributed by atoms with Crippen LogP contribution >= 0.6 is 0 Å². The molecule has 2 nitrogen and oxygen atoms in total. The molecule has 0 amide bonds. The van der Waals surface area contributed by atoms with Gasteiger partial charge in [0, 0.05) is 23.6 Å². The van der Waals surface area contributed by atoms with Gasteiger partial charge in [0.05, 0.1) is 0 Å². The van der Waals surface area contributed by atoms with Gasteiger partial charge in [0.25, 0.3) is 0 Å². The van der Waals surface area contributed by atoms with E-state index in [0.717, 1.165) is 16.8 Å². The Morgan fingerprint density at radius 3 is 2.53 bits per heavy atom. The van der Waals surface area contributed by atoms with Crippen molar-refractivity contribution < 1.29 is 0 Å². The molecule has 0 unspecified atom stereocenters. The Balaban J connectivity index is 2.22. The number of benzene rings is 2. The molecule has 0 spiro atoms. The van der Waals surface area contributed by atoms with E-state index in [1.807, 2.05) is 18.2 Å². The number of nitrogens with two attached hydrogens (primary N) is 1. The number of anilines is 1. The van der Waals surface area contributed by atoms with Gasteiger partial charge in [0.2, 0.25) is 0 Å². The monoisotopic (exact) mass is 220 g/mol. The molecule has 2 N–H and O–H groups in total. The average molecular weight is 220 g/mol. The molecular formula is C15H12N2. The maximum absolute atomic E-state index is 5.96. The van der Waals surface area contributed by atoms with Crippen LogP contribution in [-0.4, -0.2) is 4.98 Å². The summed E-state index contributed by atoms with van der Waals surface area (Å²) < 4.78 is 0. The third-order valence-electron chi connectivity index (χ3n) is 2.92. The average Bonchev–Trinajstić information content (AvgIpc) is 2.39. The predicted octanol–water partition coefficient (Wildman–Crippen LogP) is 3.48. The fourth-order valence-electron chi connectivity index (χ4n) is 2.00. The van der Waals surface area contributed by atoms with Gasteiger partial charge in [-0.05, 0) is 28.5 Å². The lowest BCUT2D eigenvalue weighted by atomic mass is 10.0. The number of hydrogen-bond donors (Lipinski definition) is 1. The van der Waals surface area contributed by atoms with Gasteiger partial charge < -0.3 is 5.73 Å². The summed E-state index contributed by atoms with van der Waals surface area (Å²) in [6.45, 7) is 0. The molecule has 0 atom stereocenters. The van der Waals surface area contributed by atoms with E-state index in [1.54, 1.807) is 12.4 Å². The number of nitrogens with zero attached hydrogens (tertiary/aromatic N) is 1. The highest BCUT2D eigenvalue weighted by Gasteiger charge is 2.02. The van der Waals surface area contributed by atoms with Crippen LogP contribution in [-0.2, 0) is 0 Å². The lowest BCUT2D eigenvalue weighted by Crippen LogP contribution is -1.90. The van der Waals surface area contributed by atoms with Gasteiger partial charge in [-0.2, -0.15) is 0 Å². The van der Waals surface area contributed by atoms with Crippen molar-refractivity contribution in [3.05, 3.63) is 60.9 Å². The molecule has 82 valence electrons.